The van der Waals surface area contributed by atoms with E-state index in [0.717, 1.165) is 16.9 Å². The third-order valence-corrected chi connectivity index (χ3v) is 4.75. The topological polar surface area (TPSA) is 59.0 Å². The molecule has 0 radical (unpaired) electrons. The van der Waals surface area contributed by atoms with Crippen LogP contribution in [0.25, 0.3) is 0 Å². The molecule has 0 aromatic heterocycles. The maximum Gasteiger partial charge on any atom is 0.409 e. The Morgan fingerprint density at radius 3 is 2.42 bits per heavy atom. The number of hydrogen-bond donors (Lipinski definition) is 1. The Morgan fingerprint density at radius 2 is 1.77 bits per heavy atom. The van der Waals surface area contributed by atoms with Gasteiger partial charge in [-0.1, -0.05) is 35.9 Å². The highest BCUT2D eigenvalue weighted by atomic mass is 16.6. The maximum absolute atomic E-state index is 11.9. The molecule has 3 rings (SSSR count). The van der Waals surface area contributed by atoms with E-state index in [-0.39, 0.29) is 6.09 Å². The van der Waals surface area contributed by atoms with Crippen LogP contribution in [0.3, 0.4) is 0 Å². The summed E-state index contributed by atoms with van der Waals surface area (Å²) in [5.41, 5.74) is 0.893. The number of aliphatic hydroxyl groups is 1. The molecular formula is C21H25NO4. The van der Waals surface area contributed by atoms with E-state index in [1.165, 1.54) is 0 Å². The van der Waals surface area contributed by atoms with Gasteiger partial charge in [-0.15, -0.1) is 0 Å². The fraction of sp³-hybridized carbons (Fsp3) is 0.381. The summed E-state index contributed by atoms with van der Waals surface area (Å²) in [4.78, 5) is 13.5. The Balaban J connectivity index is 1.77. The molecule has 1 heterocycles. The Kier molecular flexibility index (Phi) is 5.47. The van der Waals surface area contributed by atoms with E-state index in [9.17, 15) is 9.90 Å². The predicted molar refractivity (Wildman–Crippen MR) is 99.4 cm³/mol. The Labute approximate surface area is 154 Å². The van der Waals surface area contributed by atoms with Crippen LogP contribution >= 0.6 is 0 Å². The first-order valence-corrected chi connectivity index (χ1v) is 9.00. The Morgan fingerprint density at radius 1 is 1.12 bits per heavy atom. The first kappa shape index (κ1) is 18.3. The summed E-state index contributed by atoms with van der Waals surface area (Å²) in [7, 11) is 0. The second kappa shape index (κ2) is 7.79. The molecule has 0 saturated carbocycles. The van der Waals surface area contributed by atoms with E-state index in [1.54, 1.807) is 11.8 Å². The molecule has 0 spiro atoms. The molecule has 5 nitrogen and oxygen atoms in total. The first-order valence-electron chi connectivity index (χ1n) is 9.00. The van der Waals surface area contributed by atoms with Crippen LogP contribution in [0.5, 0.6) is 11.5 Å². The number of likely N-dealkylation sites (tertiary alicyclic amines) is 1. The molecular weight excluding hydrogens is 330 g/mol. The van der Waals surface area contributed by atoms with Crippen molar-refractivity contribution in [2.45, 2.75) is 32.3 Å². The lowest BCUT2D eigenvalue weighted by molar-refractivity contribution is -0.0255. The number of nitrogens with zero attached hydrogens (tertiary/aromatic N) is 1. The zero-order valence-corrected chi connectivity index (χ0v) is 15.3. The lowest BCUT2D eigenvalue weighted by atomic mass is 9.84. The monoisotopic (exact) mass is 355 g/mol. The first-order chi connectivity index (χ1) is 12.5. The van der Waals surface area contributed by atoms with Crippen LogP contribution in [0.4, 0.5) is 4.79 Å². The van der Waals surface area contributed by atoms with Gasteiger partial charge >= 0.3 is 6.09 Å². The number of piperidine rings is 1. The summed E-state index contributed by atoms with van der Waals surface area (Å²) in [6.07, 6.45) is 0.568. The average molecular weight is 355 g/mol. The number of rotatable bonds is 4. The molecule has 0 bridgehead atoms. The number of benzene rings is 2. The highest BCUT2D eigenvalue weighted by Gasteiger charge is 2.37. The van der Waals surface area contributed by atoms with Gasteiger partial charge in [-0.3, -0.25) is 0 Å². The molecule has 1 aliphatic rings. The number of hydrogen-bond acceptors (Lipinski definition) is 4. The molecule has 2 aromatic rings. The van der Waals surface area contributed by atoms with Crippen molar-refractivity contribution in [3.63, 3.8) is 0 Å². The summed E-state index contributed by atoms with van der Waals surface area (Å²) in [6, 6.07) is 15.4. The molecule has 2 aromatic carbocycles. The van der Waals surface area contributed by atoms with Crippen molar-refractivity contribution in [2.75, 3.05) is 19.7 Å². The van der Waals surface area contributed by atoms with Crippen molar-refractivity contribution >= 4 is 6.09 Å². The fourth-order valence-electron chi connectivity index (χ4n) is 3.22. The van der Waals surface area contributed by atoms with Crippen LogP contribution in [-0.2, 0) is 10.3 Å². The van der Waals surface area contributed by atoms with Gasteiger partial charge in [-0.05, 0) is 44.9 Å². The van der Waals surface area contributed by atoms with E-state index < -0.39 is 5.60 Å². The molecule has 1 aliphatic heterocycles. The largest absolute Gasteiger partial charge is 0.457 e. The smallest absolute Gasteiger partial charge is 0.409 e. The van der Waals surface area contributed by atoms with Gasteiger partial charge in [0.05, 0.1) is 12.2 Å². The minimum Gasteiger partial charge on any atom is -0.457 e. The third kappa shape index (κ3) is 3.99. The van der Waals surface area contributed by atoms with Crippen LogP contribution in [-0.4, -0.2) is 35.8 Å². The van der Waals surface area contributed by atoms with E-state index in [0.29, 0.717) is 38.3 Å². The number of aryl methyl sites for hydroxylation is 1. The molecule has 1 N–H and O–H groups in total. The molecule has 26 heavy (non-hydrogen) atoms. The maximum atomic E-state index is 11.9. The summed E-state index contributed by atoms with van der Waals surface area (Å²) >= 11 is 0. The van der Waals surface area contributed by atoms with Gasteiger partial charge in [0.25, 0.3) is 0 Å². The van der Waals surface area contributed by atoms with Crippen molar-refractivity contribution in [1.82, 2.24) is 4.90 Å². The normalized spacial score (nSPS) is 16.2. The second-order valence-corrected chi connectivity index (χ2v) is 6.63. The lowest BCUT2D eigenvalue weighted by Gasteiger charge is -2.38. The summed E-state index contributed by atoms with van der Waals surface area (Å²) in [6.45, 7) is 5.07. The zero-order valence-electron chi connectivity index (χ0n) is 15.3. The highest BCUT2D eigenvalue weighted by Crippen LogP contribution is 2.39. The predicted octanol–water partition coefficient (Wildman–Crippen LogP) is 4.23. The molecule has 0 aliphatic carbocycles. The standard InChI is InChI=1S/C21H25NO4/c1-3-25-20(23)22-14-12-21(24,13-15-22)18-6-4-5-7-19(18)26-17-10-8-16(2)9-11-17/h4-11,24H,3,12-15H2,1-2H3. The molecule has 1 saturated heterocycles. The van der Waals surface area contributed by atoms with E-state index in [1.807, 2.05) is 55.5 Å². The second-order valence-electron chi connectivity index (χ2n) is 6.63. The highest BCUT2D eigenvalue weighted by molar-refractivity contribution is 5.67. The van der Waals surface area contributed by atoms with Crippen LogP contribution < -0.4 is 4.74 Å². The van der Waals surface area contributed by atoms with E-state index >= 15 is 0 Å². The molecule has 0 atom stereocenters. The number of amides is 1. The zero-order chi connectivity index (χ0) is 18.6. The summed E-state index contributed by atoms with van der Waals surface area (Å²) in [5, 5.41) is 11.2. The molecule has 5 heteroatoms. The van der Waals surface area contributed by atoms with Gasteiger partial charge in [0, 0.05) is 18.7 Å². The van der Waals surface area contributed by atoms with Crippen LogP contribution in [0.1, 0.15) is 30.9 Å². The number of ether oxygens (including phenoxy) is 2. The average Bonchev–Trinajstić information content (AvgIpc) is 2.65. The van der Waals surface area contributed by atoms with Crippen LogP contribution in [0.15, 0.2) is 48.5 Å². The minimum atomic E-state index is -1.02. The van der Waals surface area contributed by atoms with Gasteiger partial charge < -0.3 is 19.5 Å². The van der Waals surface area contributed by atoms with Crippen molar-refractivity contribution in [3.05, 3.63) is 59.7 Å². The molecule has 138 valence electrons. The number of carbonyl (C=O) groups is 1. The van der Waals surface area contributed by atoms with Gasteiger partial charge in [0.2, 0.25) is 0 Å². The summed E-state index contributed by atoms with van der Waals surface area (Å²) in [5.74, 6) is 1.37. The quantitative estimate of drug-likeness (QED) is 0.892. The van der Waals surface area contributed by atoms with Crippen molar-refractivity contribution in [2.24, 2.45) is 0 Å². The molecule has 1 amide bonds. The molecule has 0 unspecified atom stereocenters. The Hall–Kier alpha value is -2.53. The number of carbonyl (C=O) groups excluding carboxylic acids is 1. The SMILES string of the molecule is CCOC(=O)N1CCC(O)(c2ccccc2Oc2ccc(C)cc2)CC1. The minimum absolute atomic E-state index is 0.321. The van der Waals surface area contributed by atoms with Gasteiger partial charge in [-0.25, -0.2) is 4.79 Å². The van der Waals surface area contributed by atoms with E-state index in [4.69, 9.17) is 9.47 Å². The Bertz CT molecular complexity index is 749. The number of para-hydroxylation sites is 1. The van der Waals surface area contributed by atoms with Crippen molar-refractivity contribution in [3.8, 4) is 11.5 Å². The lowest BCUT2D eigenvalue weighted by Crippen LogP contribution is -2.45. The summed E-state index contributed by atoms with van der Waals surface area (Å²) < 4.78 is 11.1. The van der Waals surface area contributed by atoms with Gasteiger partial charge in [-0.2, -0.15) is 0 Å². The van der Waals surface area contributed by atoms with Crippen molar-refractivity contribution in [1.29, 1.82) is 0 Å². The third-order valence-electron chi connectivity index (χ3n) is 4.75. The fourth-order valence-corrected chi connectivity index (χ4v) is 3.22. The van der Waals surface area contributed by atoms with Crippen LogP contribution in [0.2, 0.25) is 0 Å². The van der Waals surface area contributed by atoms with E-state index in [2.05, 4.69) is 0 Å². The van der Waals surface area contributed by atoms with Gasteiger partial charge in [0.15, 0.2) is 0 Å². The van der Waals surface area contributed by atoms with Crippen molar-refractivity contribution < 1.29 is 19.4 Å². The van der Waals surface area contributed by atoms with Crippen LogP contribution in [0, 0.1) is 6.92 Å². The molecule has 1 fully saturated rings. The van der Waals surface area contributed by atoms with Gasteiger partial charge in [0.1, 0.15) is 11.5 Å².